The predicted molar refractivity (Wildman–Crippen MR) is 122 cm³/mol. The van der Waals surface area contributed by atoms with E-state index in [0.29, 0.717) is 18.7 Å². The molecule has 0 atom stereocenters. The van der Waals surface area contributed by atoms with Crippen LogP contribution in [0.2, 0.25) is 0 Å². The summed E-state index contributed by atoms with van der Waals surface area (Å²) >= 11 is 0. The van der Waals surface area contributed by atoms with Crippen molar-refractivity contribution in [3.05, 3.63) is 58.1 Å². The number of hydrogen-bond donors (Lipinski definition) is 1. The molecule has 0 aliphatic carbocycles. The Balaban J connectivity index is 1.56. The first-order valence-corrected chi connectivity index (χ1v) is 12.0. The smallest absolute Gasteiger partial charge is 0.344 e. The highest BCUT2D eigenvalue weighted by Gasteiger charge is 2.26. The molecule has 1 heterocycles. The second kappa shape index (κ2) is 11.1. The summed E-state index contributed by atoms with van der Waals surface area (Å²) in [6, 6.07) is 10.0. The van der Waals surface area contributed by atoms with Gasteiger partial charge in [0, 0.05) is 24.8 Å². The third kappa shape index (κ3) is 6.29. The van der Waals surface area contributed by atoms with Crippen molar-refractivity contribution in [1.29, 1.82) is 0 Å². The van der Waals surface area contributed by atoms with E-state index in [1.165, 1.54) is 40.7 Å². The Morgan fingerprint density at radius 2 is 1.79 bits per heavy atom. The van der Waals surface area contributed by atoms with Gasteiger partial charge in [-0.05, 0) is 43.5 Å². The molecule has 34 heavy (non-hydrogen) atoms. The molecular weight excluding hydrogens is 466 g/mol. The van der Waals surface area contributed by atoms with Crippen molar-refractivity contribution in [3.63, 3.8) is 0 Å². The lowest BCUT2D eigenvalue weighted by Gasteiger charge is -2.26. The van der Waals surface area contributed by atoms with Gasteiger partial charge in [0.1, 0.15) is 0 Å². The molecule has 182 valence electrons. The Labute approximate surface area is 196 Å². The summed E-state index contributed by atoms with van der Waals surface area (Å²) in [6.45, 7) is 1.37. The highest BCUT2D eigenvalue weighted by molar-refractivity contribution is 7.89. The molecule has 1 amide bonds. The van der Waals surface area contributed by atoms with Crippen LogP contribution in [0.15, 0.2) is 47.4 Å². The van der Waals surface area contributed by atoms with Crippen molar-refractivity contribution in [1.82, 2.24) is 4.31 Å². The quantitative estimate of drug-likeness (QED) is 0.320. The van der Waals surface area contributed by atoms with Crippen molar-refractivity contribution in [3.8, 4) is 5.75 Å². The van der Waals surface area contributed by atoms with Crippen LogP contribution in [-0.2, 0) is 24.3 Å². The van der Waals surface area contributed by atoms with Crippen LogP contribution in [0.3, 0.4) is 0 Å². The van der Waals surface area contributed by atoms with Crippen LogP contribution < -0.4 is 10.1 Å². The fraction of sp³-hybridized carbons (Fsp3) is 0.364. The van der Waals surface area contributed by atoms with Crippen molar-refractivity contribution < 1.29 is 32.4 Å². The SMILES string of the molecule is Cc1ccc(S(=O)(=O)N2CCCCC2)cc1NC(=O)COC(=O)COc1ccccc1[N+](=O)[O-]. The standard InChI is InChI=1S/C22H25N3O8S/c1-16-9-10-17(34(30,31)24-11-5-2-6-12-24)13-18(16)23-21(26)14-33-22(27)15-32-20-8-4-3-7-19(20)25(28)29/h3-4,7-10,13H,2,5-6,11-12,14-15H2,1H3,(H,23,26). The first-order valence-electron chi connectivity index (χ1n) is 10.6. The Hall–Kier alpha value is -3.51. The second-order valence-electron chi connectivity index (χ2n) is 7.66. The van der Waals surface area contributed by atoms with Crippen LogP contribution >= 0.6 is 0 Å². The van der Waals surface area contributed by atoms with E-state index >= 15 is 0 Å². The van der Waals surface area contributed by atoms with Gasteiger partial charge in [-0.15, -0.1) is 0 Å². The van der Waals surface area contributed by atoms with Crippen molar-refractivity contribution >= 4 is 33.3 Å². The van der Waals surface area contributed by atoms with Gasteiger partial charge in [0.2, 0.25) is 10.0 Å². The van der Waals surface area contributed by atoms with Gasteiger partial charge in [0.25, 0.3) is 5.91 Å². The zero-order chi connectivity index (χ0) is 24.7. The molecule has 0 bridgehead atoms. The number of nitro groups is 1. The third-order valence-corrected chi connectivity index (χ3v) is 7.10. The number of amides is 1. The van der Waals surface area contributed by atoms with E-state index in [1.54, 1.807) is 13.0 Å². The first kappa shape index (κ1) is 25.1. The maximum Gasteiger partial charge on any atom is 0.344 e. The van der Waals surface area contributed by atoms with Crippen LogP contribution in [0.1, 0.15) is 24.8 Å². The molecule has 2 aromatic carbocycles. The number of hydrogen-bond acceptors (Lipinski definition) is 8. The predicted octanol–water partition coefficient (Wildman–Crippen LogP) is 2.64. The molecule has 12 heteroatoms. The number of esters is 1. The summed E-state index contributed by atoms with van der Waals surface area (Å²) in [6.07, 6.45) is 2.61. The van der Waals surface area contributed by atoms with E-state index < -0.39 is 40.0 Å². The molecule has 1 fully saturated rings. The summed E-state index contributed by atoms with van der Waals surface area (Å²) < 4.78 is 37.2. The average molecular weight is 492 g/mol. The summed E-state index contributed by atoms with van der Waals surface area (Å²) in [4.78, 5) is 34.6. The summed E-state index contributed by atoms with van der Waals surface area (Å²) in [5.41, 5.74) is 0.621. The largest absolute Gasteiger partial charge is 0.475 e. The Kier molecular flexibility index (Phi) is 8.18. The van der Waals surface area contributed by atoms with Crippen LogP contribution in [-0.4, -0.2) is 55.8 Å². The maximum absolute atomic E-state index is 12.9. The van der Waals surface area contributed by atoms with Gasteiger partial charge in [-0.2, -0.15) is 4.31 Å². The van der Waals surface area contributed by atoms with E-state index in [-0.39, 0.29) is 22.0 Å². The van der Waals surface area contributed by atoms with E-state index in [4.69, 9.17) is 9.47 Å². The number of piperidine rings is 1. The minimum atomic E-state index is -3.67. The zero-order valence-electron chi connectivity index (χ0n) is 18.6. The fourth-order valence-corrected chi connectivity index (χ4v) is 4.94. The molecule has 0 radical (unpaired) electrons. The first-order chi connectivity index (χ1) is 16.2. The summed E-state index contributed by atoms with van der Waals surface area (Å²) in [5, 5.41) is 13.5. The number of ether oxygens (including phenoxy) is 2. The van der Waals surface area contributed by atoms with Crippen LogP contribution in [0.25, 0.3) is 0 Å². The number of nitro benzene ring substituents is 1. The number of sulfonamides is 1. The molecule has 3 rings (SSSR count). The number of carbonyl (C=O) groups is 2. The molecule has 1 aliphatic rings. The number of benzene rings is 2. The number of aryl methyl sites for hydroxylation is 1. The normalized spacial score (nSPS) is 14.3. The summed E-state index contributed by atoms with van der Waals surface area (Å²) in [5.74, 6) is -1.67. The molecule has 1 saturated heterocycles. The van der Waals surface area contributed by atoms with E-state index in [1.807, 2.05) is 0 Å². The van der Waals surface area contributed by atoms with Gasteiger partial charge in [-0.3, -0.25) is 14.9 Å². The molecule has 0 spiro atoms. The maximum atomic E-state index is 12.9. The number of rotatable bonds is 9. The van der Waals surface area contributed by atoms with Gasteiger partial charge in [0.15, 0.2) is 19.0 Å². The van der Waals surface area contributed by atoms with Crippen LogP contribution in [0.4, 0.5) is 11.4 Å². The average Bonchev–Trinajstić information content (AvgIpc) is 2.83. The molecule has 1 N–H and O–H groups in total. The summed E-state index contributed by atoms with van der Waals surface area (Å²) in [7, 11) is -3.67. The third-order valence-electron chi connectivity index (χ3n) is 5.21. The van der Waals surface area contributed by atoms with Gasteiger partial charge in [0.05, 0.1) is 9.82 Å². The lowest BCUT2D eigenvalue weighted by molar-refractivity contribution is -0.385. The van der Waals surface area contributed by atoms with Gasteiger partial charge in [-0.1, -0.05) is 24.6 Å². The second-order valence-corrected chi connectivity index (χ2v) is 9.60. The van der Waals surface area contributed by atoms with Crippen molar-refractivity contribution in [2.75, 3.05) is 31.6 Å². The van der Waals surface area contributed by atoms with E-state index in [2.05, 4.69) is 5.32 Å². The molecule has 0 saturated carbocycles. The molecule has 11 nitrogen and oxygen atoms in total. The minimum absolute atomic E-state index is 0.0742. The number of carbonyl (C=O) groups excluding carboxylic acids is 2. The van der Waals surface area contributed by atoms with Crippen molar-refractivity contribution in [2.24, 2.45) is 0 Å². The Morgan fingerprint density at radius 3 is 2.50 bits per heavy atom. The van der Waals surface area contributed by atoms with E-state index in [0.717, 1.165) is 19.3 Å². The van der Waals surface area contributed by atoms with Crippen LogP contribution in [0, 0.1) is 17.0 Å². The lowest BCUT2D eigenvalue weighted by Crippen LogP contribution is -2.35. The Bertz CT molecular complexity index is 1180. The molecule has 0 unspecified atom stereocenters. The monoisotopic (exact) mass is 491 g/mol. The lowest BCUT2D eigenvalue weighted by atomic mass is 10.2. The fourth-order valence-electron chi connectivity index (χ4n) is 3.39. The van der Waals surface area contributed by atoms with E-state index in [9.17, 15) is 28.1 Å². The zero-order valence-corrected chi connectivity index (χ0v) is 19.4. The van der Waals surface area contributed by atoms with Gasteiger partial charge >= 0.3 is 11.7 Å². The highest BCUT2D eigenvalue weighted by atomic mass is 32.2. The van der Waals surface area contributed by atoms with Gasteiger partial charge in [-0.25, -0.2) is 13.2 Å². The number of para-hydroxylation sites is 2. The molecular formula is C22H25N3O8S. The Morgan fingerprint density at radius 1 is 1.09 bits per heavy atom. The molecule has 2 aromatic rings. The topological polar surface area (TPSA) is 145 Å². The van der Waals surface area contributed by atoms with Crippen LogP contribution in [0.5, 0.6) is 5.75 Å². The number of anilines is 1. The van der Waals surface area contributed by atoms with Gasteiger partial charge < -0.3 is 14.8 Å². The van der Waals surface area contributed by atoms with Crippen molar-refractivity contribution in [2.45, 2.75) is 31.1 Å². The number of nitrogens with zero attached hydrogens (tertiary/aromatic N) is 2. The minimum Gasteiger partial charge on any atom is -0.475 e. The molecule has 1 aliphatic heterocycles. The molecule has 0 aromatic heterocycles. The highest BCUT2D eigenvalue weighted by Crippen LogP contribution is 2.26. The number of nitrogens with one attached hydrogen (secondary N) is 1.